The zero-order chi connectivity index (χ0) is 12.7. The van der Waals surface area contributed by atoms with Gasteiger partial charge in [0, 0.05) is 17.8 Å². The fourth-order valence-electron chi connectivity index (χ4n) is 1.44. The van der Waals surface area contributed by atoms with E-state index in [2.05, 4.69) is 10.1 Å². The minimum Gasteiger partial charge on any atom is -0.496 e. The summed E-state index contributed by atoms with van der Waals surface area (Å²) in [5.74, 6) is 0.434. The molecule has 0 bridgehead atoms. The van der Waals surface area contributed by atoms with Gasteiger partial charge in [0.25, 0.3) is 0 Å². The number of benzene rings is 1. The van der Waals surface area contributed by atoms with Crippen LogP contribution in [0.3, 0.4) is 0 Å². The lowest BCUT2D eigenvalue weighted by Crippen LogP contribution is -2.13. The van der Waals surface area contributed by atoms with Crippen molar-refractivity contribution >= 4 is 5.97 Å². The second-order valence-electron chi connectivity index (χ2n) is 3.49. The number of hydrogen-bond donors (Lipinski definition) is 1. The van der Waals surface area contributed by atoms with Gasteiger partial charge in [-0.3, -0.25) is 0 Å². The Morgan fingerprint density at radius 1 is 1.35 bits per heavy atom. The van der Waals surface area contributed by atoms with Crippen LogP contribution in [0.2, 0.25) is 0 Å². The number of para-hydroxylation sites is 1. The van der Waals surface area contributed by atoms with Crippen LogP contribution in [0.25, 0.3) is 0 Å². The molecule has 0 unspecified atom stereocenters. The number of carbonyl (C=O) groups excluding carboxylic acids is 1. The first-order valence-electron chi connectivity index (χ1n) is 5.32. The van der Waals surface area contributed by atoms with Crippen LogP contribution in [0.4, 0.5) is 0 Å². The molecule has 0 radical (unpaired) electrons. The number of ether oxygens (including phenoxy) is 2. The van der Waals surface area contributed by atoms with Gasteiger partial charge in [0.15, 0.2) is 0 Å². The highest BCUT2D eigenvalue weighted by atomic mass is 16.5. The third kappa shape index (κ3) is 3.83. The molecule has 1 aromatic carbocycles. The standard InChI is InChI=1S/C13H17NO3/c1-10(14-9-8-13(15)17-3)11-6-4-5-7-12(11)16-2/h4-10,14H,1-3H3/b9-8+/t10-/m1/s1. The average molecular weight is 235 g/mol. The molecular weight excluding hydrogens is 218 g/mol. The summed E-state index contributed by atoms with van der Waals surface area (Å²) in [6, 6.07) is 7.78. The van der Waals surface area contributed by atoms with Crippen molar-refractivity contribution in [1.82, 2.24) is 5.32 Å². The van der Waals surface area contributed by atoms with E-state index in [0.29, 0.717) is 0 Å². The molecule has 4 heteroatoms. The average Bonchev–Trinajstić information content (AvgIpc) is 2.38. The number of hydrogen-bond acceptors (Lipinski definition) is 4. The Kier molecular flexibility index (Phi) is 5.07. The van der Waals surface area contributed by atoms with Gasteiger partial charge in [0.05, 0.1) is 20.3 Å². The number of rotatable bonds is 5. The molecule has 0 spiro atoms. The van der Waals surface area contributed by atoms with Crippen molar-refractivity contribution in [1.29, 1.82) is 0 Å². The van der Waals surface area contributed by atoms with E-state index >= 15 is 0 Å². The summed E-state index contributed by atoms with van der Waals surface area (Å²) in [6.45, 7) is 1.99. The quantitative estimate of drug-likeness (QED) is 0.626. The molecular formula is C13H17NO3. The third-order valence-electron chi connectivity index (χ3n) is 2.37. The zero-order valence-electron chi connectivity index (χ0n) is 10.3. The molecule has 0 aromatic heterocycles. The van der Waals surface area contributed by atoms with Crippen molar-refractivity contribution in [2.75, 3.05) is 14.2 Å². The Morgan fingerprint density at radius 3 is 2.71 bits per heavy atom. The molecule has 0 aliphatic heterocycles. The van der Waals surface area contributed by atoms with Crippen LogP contribution in [0.5, 0.6) is 5.75 Å². The number of carbonyl (C=O) groups is 1. The van der Waals surface area contributed by atoms with E-state index < -0.39 is 0 Å². The third-order valence-corrected chi connectivity index (χ3v) is 2.37. The van der Waals surface area contributed by atoms with Gasteiger partial charge in [-0.15, -0.1) is 0 Å². The van der Waals surface area contributed by atoms with Crippen LogP contribution < -0.4 is 10.1 Å². The fourth-order valence-corrected chi connectivity index (χ4v) is 1.44. The summed E-state index contributed by atoms with van der Waals surface area (Å²) in [4.78, 5) is 10.9. The van der Waals surface area contributed by atoms with E-state index in [4.69, 9.17) is 4.74 Å². The lowest BCUT2D eigenvalue weighted by Gasteiger charge is -2.15. The molecule has 1 atom stereocenters. The van der Waals surface area contributed by atoms with E-state index in [1.165, 1.54) is 13.2 Å². The van der Waals surface area contributed by atoms with Crippen molar-refractivity contribution in [3.05, 3.63) is 42.1 Å². The van der Waals surface area contributed by atoms with Gasteiger partial charge in [-0.25, -0.2) is 4.79 Å². The van der Waals surface area contributed by atoms with E-state index in [1.54, 1.807) is 13.3 Å². The van der Waals surface area contributed by atoms with E-state index in [-0.39, 0.29) is 12.0 Å². The minimum atomic E-state index is -0.385. The maximum Gasteiger partial charge on any atom is 0.331 e. The van der Waals surface area contributed by atoms with Crippen molar-refractivity contribution < 1.29 is 14.3 Å². The van der Waals surface area contributed by atoms with Crippen molar-refractivity contribution in [2.45, 2.75) is 13.0 Å². The molecule has 0 aliphatic carbocycles. The molecule has 92 valence electrons. The van der Waals surface area contributed by atoms with Crippen molar-refractivity contribution in [2.24, 2.45) is 0 Å². The molecule has 0 aliphatic rings. The second-order valence-corrected chi connectivity index (χ2v) is 3.49. The van der Waals surface area contributed by atoms with Gasteiger partial charge in [-0.05, 0) is 13.0 Å². The number of methoxy groups -OCH3 is 2. The van der Waals surface area contributed by atoms with Crippen LogP contribution in [0.1, 0.15) is 18.5 Å². The Bertz CT molecular complexity index is 401. The molecule has 0 fully saturated rings. The molecule has 1 rings (SSSR count). The predicted octanol–water partition coefficient (Wildman–Crippen LogP) is 2.03. The normalized spacial score (nSPS) is 12.2. The Hall–Kier alpha value is -1.97. The Morgan fingerprint density at radius 2 is 2.06 bits per heavy atom. The van der Waals surface area contributed by atoms with Crippen LogP contribution in [0.15, 0.2) is 36.5 Å². The highest BCUT2D eigenvalue weighted by Crippen LogP contribution is 2.23. The van der Waals surface area contributed by atoms with E-state index in [1.807, 2.05) is 31.2 Å². The van der Waals surface area contributed by atoms with Gasteiger partial charge in [0.2, 0.25) is 0 Å². The Balaban J connectivity index is 2.66. The first-order valence-corrected chi connectivity index (χ1v) is 5.32. The van der Waals surface area contributed by atoms with Crippen molar-refractivity contribution in [3.8, 4) is 5.75 Å². The second kappa shape index (κ2) is 6.58. The van der Waals surface area contributed by atoms with E-state index in [9.17, 15) is 4.79 Å². The van der Waals surface area contributed by atoms with Crippen LogP contribution >= 0.6 is 0 Å². The summed E-state index contributed by atoms with van der Waals surface area (Å²) >= 11 is 0. The SMILES string of the molecule is COC(=O)/C=C/N[C@H](C)c1ccccc1OC. The molecule has 1 N–H and O–H groups in total. The largest absolute Gasteiger partial charge is 0.496 e. The summed E-state index contributed by atoms with van der Waals surface area (Å²) in [7, 11) is 2.98. The van der Waals surface area contributed by atoms with Gasteiger partial charge < -0.3 is 14.8 Å². The number of esters is 1. The summed E-state index contributed by atoms with van der Waals surface area (Å²) in [6.07, 6.45) is 2.91. The monoisotopic (exact) mass is 235 g/mol. The predicted molar refractivity (Wildman–Crippen MR) is 65.7 cm³/mol. The smallest absolute Gasteiger partial charge is 0.331 e. The van der Waals surface area contributed by atoms with Crippen molar-refractivity contribution in [3.63, 3.8) is 0 Å². The Labute approximate surface area is 101 Å². The highest BCUT2D eigenvalue weighted by Gasteiger charge is 2.08. The van der Waals surface area contributed by atoms with Gasteiger partial charge >= 0.3 is 5.97 Å². The van der Waals surface area contributed by atoms with Crippen LogP contribution in [0, 0.1) is 0 Å². The van der Waals surface area contributed by atoms with Gasteiger partial charge in [-0.2, -0.15) is 0 Å². The maximum atomic E-state index is 10.9. The van der Waals surface area contributed by atoms with Crippen LogP contribution in [-0.4, -0.2) is 20.2 Å². The summed E-state index contributed by atoms with van der Waals surface area (Å²) in [5.41, 5.74) is 1.03. The minimum absolute atomic E-state index is 0.0482. The molecule has 17 heavy (non-hydrogen) atoms. The first-order chi connectivity index (χ1) is 8.19. The summed E-state index contributed by atoms with van der Waals surface area (Å²) < 4.78 is 9.75. The maximum absolute atomic E-state index is 10.9. The number of nitrogens with one attached hydrogen (secondary N) is 1. The molecule has 1 aromatic rings. The van der Waals surface area contributed by atoms with E-state index in [0.717, 1.165) is 11.3 Å². The lowest BCUT2D eigenvalue weighted by atomic mass is 10.1. The van der Waals surface area contributed by atoms with Gasteiger partial charge in [0.1, 0.15) is 5.75 Å². The molecule has 0 saturated carbocycles. The topological polar surface area (TPSA) is 47.6 Å². The molecule has 4 nitrogen and oxygen atoms in total. The highest BCUT2D eigenvalue weighted by molar-refractivity contribution is 5.81. The lowest BCUT2D eigenvalue weighted by molar-refractivity contribution is -0.134. The van der Waals surface area contributed by atoms with Gasteiger partial charge in [-0.1, -0.05) is 18.2 Å². The summed E-state index contributed by atoms with van der Waals surface area (Å²) in [5, 5.41) is 3.08. The fraction of sp³-hybridized carbons (Fsp3) is 0.308. The van der Waals surface area contributed by atoms with Crippen LogP contribution in [-0.2, 0) is 9.53 Å². The molecule has 0 saturated heterocycles. The first kappa shape index (κ1) is 13.1. The zero-order valence-corrected chi connectivity index (χ0v) is 10.3. The molecule has 0 amide bonds. The molecule has 0 heterocycles.